The van der Waals surface area contributed by atoms with Crippen molar-refractivity contribution in [1.29, 1.82) is 0 Å². The summed E-state index contributed by atoms with van der Waals surface area (Å²) in [5.74, 6) is -1.18. The van der Waals surface area contributed by atoms with E-state index in [1.165, 1.54) is 14.1 Å². The number of urea groups is 1. The number of likely N-dealkylation sites (N-methyl/N-ethyl adjacent to an activating group) is 2. The number of halogens is 1. The van der Waals surface area contributed by atoms with Gasteiger partial charge in [0.25, 0.3) is 11.8 Å². The first-order valence-corrected chi connectivity index (χ1v) is 8.78. The lowest BCUT2D eigenvalue weighted by Crippen LogP contribution is -2.52. The van der Waals surface area contributed by atoms with Crippen molar-refractivity contribution in [2.75, 3.05) is 14.1 Å². The molecule has 0 radical (unpaired) electrons. The molecule has 3 rings (SSSR count). The minimum atomic E-state index is -0.627. The van der Waals surface area contributed by atoms with Gasteiger partial charge < -0.3 is 4.57 Å². The zero-order valence-corrected chi connectivity index (χ0v) is 16.5. The molecule has 2 heterocycles. The quantitative estimate of drug-likeness (QED) is 0.558. The minimum Gasteiger partial charge on any atom is -0.318 e. The normalized spacial score (nSPS) is 15.1. The molecule has 1 aliphatic heterocycles. The summed E-state index contributed by atoms with van der Waals surface area (Å²) >= 11 is 3.42. The third-order valence-corrected chi connectivity index (χ3v) is 5.03. The second-order valence-corrected chi connectivity index (χ2v) is 7.12. The number of barbiturate groups is 1. The predicted molar refractivity (Wildman–Crippen MR) is 102 cm³/mol. The van der Waals surface area contributed by atoms with Gasteiger partial charge in [0, 0.05) is 35.6 Å². The molecule has 0 unspecified atom stereocenters. The Morgan fingerprint density at radius 1 is 0.923 bits per heavy atom. The molecule has 1 aromatic carbocycles. The molecule has 1 aromatic heterocycles. The molecule has 7 heteroatoms. The number of benzene rings is 1. The van der Waals surface area contributed by atoms with E-state index in [2.05, 4.69) is 20.5 Å². The maximum Gasteiger partial charge on any atom is 0.333 e. The van der Waals surface area contributed by atoms with E-state index in [4.69, 9.17) is 0 Å². The number of carbonyl (C=O) groups excluding carboxylic acids is 3. The molecule has 1 saturated heterocycles. The van der Waals surface area contributed by atoms with Crippen LogP contribution in [-0.2, 0) is 9.59 Å². The molecule has 134 valence electrons. The third kappa shape index (κ3) is 2.88. The van der Waals surface area contributed by atoms with Crippen molar-refractivity contribution < 1.29 is 14.4 Å². The Morgan fingerprint density at radius 2 is 1.46 bits per heavy atom. The van der Waals surface area contributed by atoms with Crippen molar-refractivity contribution in [3.05, 3.63) is 57.3 Å². The third-order valence-electron chi connectivity index (χ3n) is 4.50. The van der Waals surface area contributed by atoms with Crippen molar-refractivity contribution in [3.8, 4) is 5.69 Å². The number of hydrogen-bond acceptors (Lipinski definition) is 3. The van der Waals surface area contributed by atoms with Gasteiger partial charge in [0.05, 0.1) is 0 Å². The number of hydrogen-bond donors (Lipinski definition) is 0. The number of rotatable bonds is 2. The molecule has 0 spiro atoms. The molecule has 26 heavy (non-hydrogen) atoms. The molecule has 2 aromatic rings. The summed E-state index contributed by atoms with van der Waals surface area (Å²) in [6, 6.07) is 9.17. The fraction of sp³-hybridized carbons (Fsp3) is 0.211. The van der Waals surface area contributed by atoms with Crippen LogP contribution in [-0.4, -0.2) is 46.3 Å². The van der Waals surface area contributed by atoms with Gasteiger partial charge >= 0.3 is 6.03 Å². The van der Waals surface area contributed by atoms with Crippen LogP contribution in [0.4, 0.5) is 4.79 Å². The first kappa shape index (κ1) is 18.1. The molecule has 0 N–H and O–H groups in total. The highest BCUT2D eigenvalue weighted by Crippen LogP contribution is 2.25. The highest BCUT2D eigenvalue weighted by atomic mass is 79.9. The molecular weight excluding hydrogens is 398 g/mol. The van der Waals surface area contributed by atoms with Crippen molar-refractivity contribution in [1.82, 2.24) is 14.4 Å². The maximum absolute atomic E-state index is 12.4. The fourth-order valence-corrected chi connectivity index (χ4v) is 3.32. The predicted octanol–water partition coefficient (Wildman–Crippen LogP) is 3.29. The lowest BCUT2D eigenvalue weighted by molar-refractivity contribution is -0.134. The van der Waals surface area contributed by atoms with Crippen molar-refractivity contribution in [3.63, 3.8) is 0 Å². The molecule has 1 fully saturated rings. The Morgan fingerprint density at radius 3 is 2.00 bits per heavy atom. The van der Waals surface area contributed by atoms with Gasteiger partial charge in [-0.3, -0.25) is 19.4 Å². The first-order chi connectivity index (χ1) is 12.2. The van der Waals surface area contributed by atoms with E-state index >= 15 is 0 Å². The van der Waals surface area contributed by atoms with Gasteiger partial charge in [-0.2, -0.15) is 0 Å². The lowest BCUT2D eigenvalue weighted by Gasteiger charge is -2.28. The summed E-state index contributed by atoms with van der Waals surface area (Å²) in [6.45, 7) is 3.89. The van der Waals surface area contributed by atoms with Crippen LogP contribution in [0.1, 0.15) is 17.0 Å². The summed E-state index contributed by atoms with van der Waals surface area (Å²) in [7, 11) is 2.74. The fourth-order valence-electron chi connectivity index (χ4n) is 3.05. The summed E-state index contributed by atoms with van der Waals surface area (Å²) in [4.78, 5) is 38.5. The highest BCUT2D eigenvalue weighted by Gasteiger charge is 2.37. The number of amides is 4. The van der Waals surface area contributed by atoms with Crippen LogP contribution in [0.5, 0.6) is 0 Å². The zero-order valence-electron chi connectivity index (χ0n) is 14.9. The van der Waals surface area contributed by atoms with Gasteiger partial charge in [-0.15, -0.1) is 0 Å². The van der Waals surface area contributed by atoms with E-state index < -0.39 is 17.8 Å². The van der Waals surface area contributed by atoms with E-state index in [1.54, 1.807) is 6.08 Å². The van der Waals surface area contributed by atoms with Crippen LogP contribution < -0.4 is 0 Å². The molecule has 0 saturated carbocycles. The largest absolute Gasteiger partial charge is 0.333 e. The van der Waals surface area contributed by atoms with Crippen molar-refractivity contribution in [2.24, 2.45) is 0 Å². The topological polar surface area (TPSA) is 62.6 Å². The summed E-state index contributed by atoms with van der Waals surface area (Å²) < 4.78 is 3.04. The standard InChI is InChI=1S/C19H18BrN3O3/c1-11-9-13(12(2)23(11)15-7-5-14(20)6-8-15)10-16-17(24)21(3)19(26)22(4)18(16)25/h5-10H,1-4H3. The smallest absolute Gasteiger partial charge is 0.318 e. The Balaban J connectivity index is 2.08. The highest BCUT2D eigenvalue weighted by molar-refractivity contribution is 9.10. The van der Waals surface area contributed by atoms with E-state index in [0.717, 1.165) is 36.9 Å². The number of aromatic nitrogens is 1. The number of carbonyl (C=O) groups is 3. The van der Waals surface area contributed by atoms with E-state index in [1.807, 2.05) is 44.2 Å². The average molecular weight is 416 g/mol. The van der Waals surface area contributed by atoms with Crippen molar-refractivity contribution >= 4 is 39.9 Å². The van der Waals surface area contributed by atoms with Gasteiger partial charge in [0.1, 0.15) is 5.57 Å². The van der Waals surface area contributed by atoms with Gasteiger partial charge in [-0.25, -0.2) is 4.79 Å². The Bertz CT molecular complexity index is 931. The van der Waals surface area contributed by atoms with E-state index in [0.29, 0.717) is 0 Å². The summed E-state index contributed by atoms with van der Waals surface area (Å²) in [6.07, 6.45) is 1.56. The number of aryl methyl sites for hydroxylation is 1. The summed E-state index contributed by atoms with van der Waals surface area (Å²) in [5, 5.41) is 0. The zero-order chi connectivity index (χ0) is 19.2. The van der Waals surface area contributed by atoms with Gasteiger partial charge in [-0.05, 0) is 55.8 Å². The van der Waals surface area contributed by atoms with Gasteiger partial charge in [-0.1, -0.05) is 15.9 Å². The van der Waals surface area contributed by atoms with Gasteiger partial charge in [0.15, 0.2) is 0 Å². The van der Waals surface area contributed by atoms with Crippen LogP contribution in [0.15, 0.2) is 40.4 Å². The minimum absolute atomic E-state index is 0.0225. The van der Waals surface area contributed by atoms with Gasteiger partial charge in [0.2, 0.25) is 0 Å². The molecular formula is C19H18BrN3O3. The SMILES string of the molecule is Cc1cc(C=C2C(=O)N(C)C(=O)N(C)C2=O)c(C)n1-c1ccc(Br)cc1. The van der Waals surface area contributed by atoms with E-state index in [9.17, 15) is 14.4 Å². The summed E-state index contributed by atoms with van der Waals surface area (Å²) in [5.41, 5.74) is 3.60. The van der Waals surface area contributed by atoms with Crippen LogP contribution in [0.2, 0.25) is 0 Å². The van der Waals surface area contributed by atoms with E-state index in [-0.39, 0.29) is 5.57 Å². The van der Waals surface area contributed by atoms with Crippen molar-refractivity contribution in [2.45, 2.75) is 13.8 Å². The first-order valence-electron chi connectivity index (χ1n) is 7.99. The molecule has 4 amide bonds. The number of nitrogens with zero attached hydrogens (tertiary/aromatic N) is 3. The average Bonchev–Trinajstić information content (AvgIpc) is 2.90. The molecule has 6 nitrogen and oxygen atoms in total. The molecule has 0 atom stereocenters. The second kappa shape index (κ2) is 6.57. The Hall–Kier alpha value is -2.67. The lowest BCUT2D eigenvalue weighted by atomic mass is 10.1. The Labute approximate surface area is 159 Å². The monoisotopic (exact) mass is 415 g/mol. The Kier molecular flexibility index (Phi) is 4.58. The van der Waals surface area contributed by atoms with Crippen LogP contribution in [0, 0.1) is 13.8 Å². The molecule has 1 aliphatic rings. The maximum atomic E-state index is 12.4. The number of imide groups is 2. The van der Waals surface area contributed by atoms with Crippen LogP contribution in [0.3, 0.4) is 0 Å². The molecule has 0 bridgehead atoms. The van der Waals surface area contributed by atoms with Crippen LogP contribution >= 0.6 is 15.9 Å². The molecule has 0 aliphatic carbocycles. The second-order valence-electron chi connectivity index (χ2n) is 6.21. The van der Waals surface area contributed by atoms with Crippen LogP contribution in [0.25, 0.3) is 11.8 Å².